The van der Waals surface area contributed by atoms with Crippen LogP contribution in [0.2, 0.25) is 0 Å². The molecule has 0 fully saturated rings. The van der Waals surface area contributed by atoms with Gasteiger partial charge in [0.05, 0.1) is 4.88 Å². The third kappa shape index (κ3) is 2.62. The van der Waals surface area contributed by atoms with Crippen LogP contribution >= 0.6 is 11.3 Å². The molecule has 1 amide bonds. The number of carbonyl (C=O) groups excluding carboxylic acids is 1. The van der Waals surface area contributed by atoms with E-state index >= 15 is 0 Å². The lowest BCUT2D eigenvalue weighted by Gasteiger charge is -2.03. The highest BCUT2D eigenvalue weighted by Gasteiger charge is 2.13. The molecule has 106 valence electrons. The first-order chi connectivity index (χ1) is 10.0. The fourth-order valence-corrected chi connectivity index (χ4v) is 2.87. The number of thiophene rings is 1. The van der Waals surface area contributed by atoms with Crippen LogP contribution in [0.3, 0.4) is 0 Å². The smallest absolute Gasteiger partial charge is 0.265 e. The monoisotopic (exact) mass is 307 g/mol. The number of amides is 1. The van der Waals surface area contributed by atoms with Crippen LogP contribution in [0.1, 0.15) is 9.67 Å². The number of carbonyl (C=O) groups is 1. The van der Waals surface area contributed by atoms with Gasteiger partial charge in [-0.05, 0) is 30.3 Å². The molecule has 0 spiro atoms. The molecule has 2 aromatic carbocycles. The Morgan fingerprint density at radius 2 is 1.76 bits per heavy atom. The molecule has 0 aliphatic heterocycles. The second-order valence-corrected chi connectivity index (χ2v) is 5.43. The molecule has 3 rings (SSSR count). The number of anilines is 1. The molecule has 1 heterocycles. The predicted octanol–water partition coefficient (Wildman–Crippen LogP) is 4.57. The predicted molar refractivity (Wildman–Crippen MR) is 76.1 cm³/mol. The molecule has 0 aliphatic rings. The van der Waals surface area contributed by atoms with E-state index in [0.29, 0.717) is 15.0 Å². The standard InChI is InChI=1S/C15H8F3NOS/c16-10-2-1-3-13-9(10)7-14(21-13)15(20)19-8-4-5-11(17)12(18)6-8/h1-7H,(H,19,20). The van der Waals surface area contributed by atoms with E-state index in [-0.39, 0.29) is 5.69 Å². The summed E-state index contributed by atoms with van der Waals surface area (Å²) in [6.45, 7) is 0. The van der Waals surface area contributed by atoms with E-state index in [2.05, 4.69) is 5.32 Å². The number of hydrogen-bond acceptors (Lipinski definition) is 2. The Morgan fingerprint density at radius 3 is 2.48 bits per heavy atom. The van der Waals surface area contributed by atoms with Gasteiger partial charge in [-0.2, -0.15) is 0 Å². The van der Waals surface area contributed by atoms with Crippen molar-refractivity contribution in [3.8, 4) is 0 Å². The van der Waals surface area contributed by atoms with Crippen molar-refractivity contribution in [3.63, 3.8) is 0 Å². The number of benzene rings is 2. The Balaban J connectivity index is 1.90. The molecule has 3 aromatic rings. The van der Waals surface area contributed by atoms with Gasteiger partial charge in [0.25, 0.3) is 5.91 Å². The minimum absolute atomic E-state index is 0.136. The van der Waals surface area contributed by atoms with Gasteiger partial charge in [0.1, 0.15) is 5.82 Å². The number of nitrogens with one attached hydrogen (secondary N) is 1. The molecule has 0 atom stereocenters. The maximum atomic E-state index is 13.6. The van der Waals surface area contributed by atoms with Crippen LogP contribution in [0.15, 0.2) is 42.5 Å². The van der Waals surface area contributed by atoms with Gasteiger partial charge >= 0.3 is 0 Å². The molecule has 0 saturated carbocycles. The number of rotatable bonds is 2. The summed E-state index contributed by atoms with van der Waals surface area (Å²) in [5.41, 5.74) is 0.136. The van der Waals surface area contributed by atoms with Gasteiger partial charge in [0, 0.05) is 21.8 Å². The van der Waals surface area contributed by atoms with Gasteiger partial charge in [0.2, 0.25) is 0 Å². The average Bonchev–Trinajstić information content (AvgIpc) is 2.89. The van der Waals surface area contributed by atoms with E-state index < -0.39 is 23.4 Å². The SMILES string of the molecule is O=C(Nc1ccc(F)c(F)c1)c1cc2c(F)cccc2s1. The molecular formula is C15H8F3NOS. The molecule has 21 heavy (non-hydrogen) atoms. The molecule has 6 heteroatoms. The fourth-order valence-electron chi connectivity index (χ4n) is 1.90. The summed E-state index contributed by atoms with van der Waals surface area (Å²) in [4.78, 5) is 12.3. The van der Waals surface area contributed by atoms with Crippen molar-refractivity contribution >= 4 is 33.0 Å². The molecule has 0 aliphatic carbocycles. The Labute approximate surface area is 121 Å². The fraction of sp³-hybridized carbons (Fsp3) is 0. The second kappa shape index (κ2) is 5.21. The van der Waals surface area contributed by atoms with Crippen LogP contribution in [0.5, 0.6) is 0 Å². The Kier molecular flexibility index (Phi) is 3.39. The topological polar surface area (TPSA) is 29.1 Å². The molecule has 0 bridgehead atoms. The number of hydrogen-bond donors (Lipinski definition) is 1. The van der Waals surface area contributed by atoms with Crippen LogP contribution in [-0.4, -0.2) is 5.91 Å². The van der Waals surface area contributed by atoms with Crippen molar-refractivity contribution in [2.75, 3.05) is 5.32 Å². The molecule has 0 saturated heterocycles. The highest BCUT2D eigenvalue weighted by Crippen LogP contribution is 2.28. The van der Waals surface area contributed by atoms with E-state index in [0.717, 1.165) is 23.5 Å². The van der Waals surface area contributed by atoms with Gasteiger partial charge in [-0.25, -0.2) is 13.2 Å². The van der Waals surface area contributed by atoms with Crippen molar-refractivity contribution < 1.29 is 18.0 Å². The van der Waals surface area contributed by atoms with Crippen molar-refractivity contribution in [1.82, 2.24) is 0 Å². The van der Waals surface area contributed by atoms with E-state index in [4.69, 9.17) is 0 Å². The minimum atomic E-state index is -1.05. The zero-order valence-electron chi connectivity index (χ0n) is 10.5. The van der Waals surface area contributed by atoms with E-state index in [9.17, 15) is 18.0 Å². The van der Waals surface area contributed by atoms with Gasteiger partial charge in [-0.15, -0.1) is 11.3 Å². The lowest BCUT2D eigenvalue weighted by atomic mass is 10.2. The average molecular weight is 307 g/mol. The Bertz CT molecular complexity index is 844. The van der Waals surface area contributed by atoms with Crippen LogP contribution in [0.4, 0.5) is 18.9 Å². The van der Waals surface area contributed by atoms with Crippen molar-refractivity contribution in [3.05, 3.63) is 64.8 Å². The lowest BCUT2D eigenvalue weighted by molar-refractivity contribution is 0.103. The van der Waals surface area contributed by atoms with Crippen LogP contribution in [-0.2, 0) is 0 Å². The molecule has 0 unspecified atom stereocenters. The Morgan fingerprint density at radius 1 is 0.952 bits per heavy atom. The third-order valence-corrected chi connectivity index (χ3v) is 4.01. The summed E-state index contributed by atoms with van der Waals surface area (Å²) in [6, 6.07) is 9.08. The first kappa shape index (κ1) is 13.6. The van der Waals surface area contributed by atoms with Crippen LogP contribution < -0.4 is 5.32 Å². The summed E-state index contributed by atoms with van der Waals surface area (Å²) in [5, 5.41) is 2.81. The zero-order chi connectivity index (χ0) is 15.0. The van der Waals surface area contributed by atoms with Crippen LogP contribution in [0, 0.1) is 17.5 Å². The first-order valence-electron chi connectivity index (χ1n) is 5.99. The summed E-state index contributed by atoms with van der Waals surface area (Å²) in [5.74, 6) is -2.94. The molecule has 1 aromatic heterocycles. The molecule has 1 N–H and O–H groups in total. The maximum Gasteiger partial charge on any atom is 0.265 e. The second-order valence-electron chi connectivity index (χ2n) is 4.35. The van der Waals surface area contributed by atoms with E-state index in [1.54, 1.807) is 12.1 Å². The minimum Gasteiger partial charge on any atom is -0.321 e. The lowest BCUT2D eigenvalue weighted by Crippen LogP contribution is -2.10. The summed E-state index contributed by atoms with van der Waals surface area (Å²) < 4.78 is 40.1. The van der Waals surface area contributed by atoms with Crippen molar-refractivity contribution in [2.24, 2.45) is 0 Å². The van der Waals surface area contributed by atoms with Gasteiger partial charge < -0.3 is 5.32 Å². The quantitative estimate of drug-likeness (QED) is 0.738. The van der Waals surface area contributed by atoms with Crippen molar-refractivity contribution in [2.45, 2.75) is 0 Å². The zero-order valence-corrected chi connectivity index (χ0v) is 11.3. The van der Waals surface area contributed by atoms with E-state index in [1.807, 2.05) is 0 Å². The summed E-state index contributed by atoms with van der Waals surface area (Å²) >= 11 is 1.13. The summed E-state index contributed by atoms with van der Waals surface area (Å²) in [7, 11) is 0. The van der Waals surface area contributed by atoms with Gasteiger partial charge in [0.15, 0.2) is 11.6 Å². The number of halogens is 3. The highest BCUT2D eigenvalue weighted by molar-refractivity contribution is 7.20. The normalized spacial score (nSPS) is 10.8. The molecular weight excluding hydrogens is 299 g/mol. The first-order valence-corrected chi connectivity index (χ1v) is 6.81. The van der Waals surface area contributed by atoms with Crippen molar-refractivity contribution in [1.29, 1.82) is 0 Å². The Hall–Kier alpha value is -2.34. The van der Waals surface area contributed by atoms with Gasteiger partial charge in [-0.1, -0.05) is 6.07 Å². The van der Waals surface area contributed by atoms with Gasteiger partial charge in [-0.3, -0.25) is 4.79 Å². The molecule has 2 nitrogen and oxygen atoms in total. The number of fused-ring (bicyclic) bond motifs is 1. The summed E-state index contributed by atoms with van der Waals surface area (Å²) in [6.07, 6.45) is 0. The largest absolute Gasteiger partial charge is 0.321 e. The maximum absolute atomic E-state index is 13.6. The highest BCUT2D eigenvalue weighted by atomic mass is 32.1. The van der Waals surface area contributed by atoms with Crippen LogP contribution in [0.25, 0.3) is 10.1 Å². The van der Waals surface area contributed by atoms with E-state index in [1.165, 1.54) is 18.2 Å². The third-order valence-electron chi connectivity index (χ3n) is 2.91. The molecule has 0 radical (unpaired) electrons.